The quantitative estimate of drug-likeness (QED) is 0.754. The van der Waals surface area contributed by atoms with Crippen LogP contribution in [0.25, 0.3) is 0 Å². The van der Waals surface area contributed by atoms with Crippen LogP contribution in [0.5, 0.6) is 0 Å². The second-order valence-electron chi connectivity index (χ2n) is 6.80. The summed E-state index contributed by atoms with van der Waals surface area (Å²) in [5.41, 5.74) is 0.236. The highest BCUT2D eigenvalue weighted by Gasteiger charge is 2.47. The third kappa shape index (κ3) is 4.23. The van der Waals surface area contributed by atoms with Crippen molar-refractivity contribution in [3.63, 3.8) is 0 Å². The molecule has 1 spiro atoms. The first kappa shape index (κ1) is 13.3. The lowest BCUT2D eigenvalue weighted by Gasteiger charge is -2.35. The van der Waals surface area contributed by atoms with E-state index < -0.39 is 0 Å². The fourth-order valence-corrected chi connectivity index (χ4v) is 2.41. The van der Waals surface area contributed by atoms with Crippen LogP contribution in [0, 0.1) is 5.92 Å². The topological polar surface area (TPSA) is 21.7 Å². The predicted octanol–water partition coefficient (Wildman–Crippen LogP) is 2.30. The Labute approximate surface area is 105 Å². The Morgan fingerprint density at radius 3 is 2.65 bits per heavy atom. The molecule has 0 aromatic rings. The largest absolute Gasteiger partial charge is 0.376 e. The minimum absolute atomic E-state index is 0.0169. The molecule has 3 heteroatoms. The van der Waals surface area contributed by atoms with Gasteiger partial charge in [0.05, 0.1) is 24.4 Å². The van der Waals surface area contributed by atoms with Gasteiger partial charge < -0.3 is 9.47 Å². The Morgan fingerprint density at radius 1 is 1.35 bits per heavy atom. The normalized spacial score (nSPS) is 26.1. The number of ether oxygens (including phenoxy) is 2. The zero-order chi connectivity index (χ0) is 12.5. The van der Waals surface area contributed by atoms with E-state index in [0.717, 1.165) is 32.8 Å². The molecule has 2 rings (SSSR count). The van der Waals surface area contributed by atoms with Gasteiger partial charge in [0, 0.05) is 19.6 Å². The van der Waals surface area contributed by atoms with Gasteiger partial charge in [-0.15, -0.1) is 0 Å². The Bertz CT molecular complexity index is 255. The molecule has 3 nitrogen and oxygen atoms in total. The molecular formula is C14H27NO2. The third-order valence-electron chi connectivity index (χ3n) is 3.51. The van der Waals surface area contributed by atoms with Crippen LogP contribution in [0.15, 0.2) is 0 Å². The summed E-state index contributed by atoms with van der Waals surface area (Å²) >= 11 is 0. The van der Waals surface area contributed by atoms with Crippen molar-refractivity contribution >= 4 is 0 Å². The molecule has 1 atom stereocenters. The van der Waals surface area contributed by atoms with Gasteiger partial charge in [-0.1, -0.05) is 6.92 Å². The van der Waals surface area contributed by atoms with Crippen molar-refractivity contribution in [2.75, 3.05) is 32.8 Å². The van der Waals surface area contributed by atoms with Gasteiger partial charge in [0.2, 0.25) is 0 Å². The highest BCUT2D eigenvalue weighted by Crippen LogP contribution is 2.41. The third-order valence-corrected chi connectivity index (χ3v) is 3.51. The van der Waals surface area contributed by atoms with Gasteiger partial charge in [-0.2, -0.15) is 0 Å². The summed E-state index contributed by atoms with van der Waals surface area (Å²) in [6, 6.07) is 0. The molecule has 2 fully saturated rings. The van der Waals surface area contributed by atoms with E-state index in [1.54, 1.807) is 0 Å². The van der Waals surface area contributed by atoms with Crippen molar-refractivity contribution in [3.05, 3.63) is 0 Å². The molecule has 0 radical (unpaired) electrons. The van der Waals surface area contributed by atoms with Crippen LogP contribution >= 0.6 is 0 Å². The van der Waals surface area contributed by atoms with Crippen LogP contribution in [0.3, 0.4) is 0 Å². The van der Waals surface area contributed by atoms with Gasteiger partial charge in [0.1, 0.15) is 0 Å². The van der Waals surface area contributed by atoms with Crippen molar-refractivity contribution < 1.29 is 9.47 Å². The SMILES string of the molecule is C[C@@H](COC(C)(C)C)CN1CCOC2(CC2)C1. The smallest absolute Gasteiger partial charge is 0.0811 e. The molecule has 0 bridgehead atoms. The van der Waals surface area contributed by atoms with Gasteiger partial charge in [-0.25, -0.2) is 0 Å². The second kappa shape index (κ2) is 4.87. The average Bonchev–Trinajstić information content (AvgIpc) is 2.94. The van der Waals surface area contributed by atoms with E-state index in [2.05, 4.69) is 32.6 Å². The Morgan fingerprint density at radius 2 is 2.06 bits per heavy atom. The van der Waals surface area contributed by atoms with E-state index in [9.17, 15) is 0 Å². The zero-order valence-electron chi connectivity index (χ0n) is 11.8. The van der Waals surface area contributed by atoms with E-state index in [-0.39, 0.29) is 11.2 Å². The number of hydrogen-bond acceptors (Lipinski definition) is 3. The van der Waals surface area contributed by atoms with Crippen LogP contribution in [0.1, 0.15) is 40.5 Å². The molecule has 17 heavy (non-hydrogen) atoms. The maximum atomic E-state index is 5.84. The van der Waals surface area contributed by atoms with Crippen LogP contribution in [-0.2, 0) is 9.47 Å². The highest BCUT2D eigenvalue weighted by atomic mass is 16.5. The van der Waals surface area contributed by atoms with Crippen molar-refractivity contribution in [1.29, 1.82) is 0 Å². The first-order valence-corrected chi connectivity index (χ1v) is 6.89. The van der Waals surface area contributed by atoms with Crippen molar-refractivity contribution in [3.8, 4) is 0 Å². The zero-order valence-corrected chi connectivity index (χ0v) is 11.8. The average molecular weight is 241 g/mol. The molecule has 1 heterocycles. The molecule has 1 aliphatic heterocycles. The first-order valence-electron chi connectivity index (χ1n) is 6.89. The van der Waals surface area contributed by atoms with E-state index in [4.69, 9.17) is 9.47 Å². The van der Waals surface area contributed by atoms with E-state index in [1.165, 1.54) is 12.8 Å². The molecule has 1 aliphatic carbocycles. The van der Waals surface area contributed by atoms with E-state index in [0.29, 0.717) is 5.92 Å². The lowest BCUT2D eigenvalue weighted by atomic mass is 10.1. The highest BCUT2D eigenvalue weighted by molar-refractivity contribution is 5.00. The Kier molecular flexibility index (Phi) is 3.81. The summed E-state index contributed by atoms with van der Waals surface area (Å²) in [7, 11) is 0. The molecule has 0 unspecified atom stereocenters. The van der Waals surface area contributed by atoms with Gasteiger partial charge in [0.15, 0.2) is 0 Å². The molecule has 0 N–H and O–H groups in total. The summed E-state index contributed by atoms with van der Waals surface area (Å²) in [5.74, 6) is 0.600. The molecule has 0 aromatic heterocycles. The summed E-state index contributed by atoms with van der Waals surface area (Å²) in [6.45, 7) is 13.8. The summed E-state index contributed by atoms with van der Waals surface area (Å²) in [4.78, 5) is 2.55. The molecule has 0 aromatic carbocycles. The van der Waals surface area contributed by atoms with Gasteiger partial charge in [-0.05, 0) is 39.5 Å². The number of morpholine rings is 1. The standard InChI is InChI=1S/C14H27NO2/c1-12(10-17-13(2,3)4)9-15-7-8-16-14(11-15)5-6-14/h12H,5-11H2,1-4H3/t12-/m1/s1. The fourth-order valence-electron chi connectivity index (χ4n) is 2.41. The Hall–Kier alpha value is -0.120. The van der Waals surface area contributed by atoms with Crippen LogP contribution in [0.2, 0.25) is 0 Å². The fraction of sp³-hybridized carbons (Fsp3) is 1.00. The minimum Gasteiger partial charge on any atom is -0.376 e. The second-order valence-corrected chi connectivity index (χ2v) is 6.80. The van der Waals surface area contributed by atoms with Crippen molar-refractivity contribution in [1.82, 2.24) is 4.90 Å². The van der Waals surface area contributed by atoms with E-state index in [1.807, 2.05) is 0 Å². The molecule has 1 saturated carbocycles. The molecule has 0 amide bonds. The number of nitrogens with zero attached hydrogens (tertiary/aromatic N) is 1. The summed E-state index contributed by atoms with van der Waals surface area (Å²) < 4.78 is 11.7. The number of rotatable bonds is 4. The van der Waals surface area contributed by atoms with Crippen LogP contribution in [0.4, 0.5) is 0 Å². The lowest BCUT2D eigenvalue weighted by Crippen LogP contribution is -2.46. The van der Waals surface area contributed by atoms with E-state index >= 15 is 0 Å². The molecule has 2 aliphatic rings. The summed E-state index contributed by atoms with van der Waals surface area (Å²) in [6.07, 6.45) is 2.52. The maximum Gasteiger partial charge on any atom is 0.0811 e. The van der Waals surface area contributed by atoms with Crippen LogP contribution in [-0.4, -0.2) is 49.0 Å². The van der Waals surface area contributed by atoms with Crippen molar-refractivity contribution in [2.24, 2.45) is 5.92 Å². The van der Waals surface area contributed by atoms with Gasteiger partial charge in [-0.3, -0.25) is 4.90 Å². The maximum absolute atomic E-state index is 5.84. The van der Waals surface area contributed by atoms with Crippen molar-refractivity contribution in [2.45, 2.75) is 51.7 Å². The molecule has 1 saturated heterocycles. The summed E-state index contributed by atoms with van der Waals surface area (Å²) in [5, 5.41) is 0. The first-order chi connectivity index (χ1) is 7.89. The minimum atomic E-state index is -0.0169. The lowest BCUT2D eigenvalue weighted by molar-refractivity contribution is -0.0617. The van der Waals surface area contributed by atoms with Gasteiger partial charge >= 0.3 is 0 Å². The molecular weight excluding hydrogens is 214 g/mol. The predicted molar refractivity (Wildman–Crippen MR) is 69.2 cm³/mol. The molecule has 100 valence electrons. The van der Waals surface area contributed by atoms with Crippen LogP contribution < -0.4 is 0 Å². The monoisotopic (exact) mass is 241 g/mol. The Balaban J connectivity index is 1.69. The number of hydrogen-bond donors (Lipinski definition) is 0. The van der Waals surface area contributed by atoms with Gasteiger partial charge in [0.25, 0.3) is 0 Å².